The van der Waals surface area contributed by atoms with Gasteiger partial charge in [-0.05, 0) is 32.9 Å². The lowest BCUT2D eigenvalue weighted by atomic mass is 10.3. The molecule has 5 heteroatoms. The number of hydrogen-bond acceptors (Lipinski definition) is 3. The van der Waals surface area contributed by atoms with Crippen molar-refractivity contribution in [2.75, 3.05) is 27.2 Å². The lowest BCUT2D eigenvalue weighted by Gasteiger charge is -2.16. The van der Waals surface area contributed by atoms with E-state index in [-0.39, 0.29) is 18.4 Å². The molecule has 16 heavy (non-hydrogen) atoms. The van der Waals surface area contributed by atoms with Gasteiger partial charge in [0.2, 0.25) is 11.8 Å². The quantitative estimate of drug-likeness (QED) is 0.588. The Labute approximate surface area is 96.6 Å². The number of likely N-dealkylation sites (N-methyl/N-ethyl adjacent to an activating group) is 1. The lowest BCUT2D eigenvalue weighted by molar-refractivity contribution is -0.134. The Morgan fingerprint density at radius 2 is 2.06 bits per heavy atom. The molecule has 5 nitrogen and oxygen atoms in total. The summed E-state index contributed by atoms with van der Waals surface area (Å²) in [5.74, 6) is -0.0202. The number of nitrogens with one attached hydrogen (secondary N) is 2. The zero-order valence-corrected chi connectivity index (χ0v) is 10.1. The smallest absolute Gasteiger partial charge is 0.239 e. The highest BCUT2D eigenvalue weighted by molar-refractivity contribution is 5.84. The minimum absolute atomic E-state index is 0.0289. The summed E-state index contributed by atoms with van der Waals surface area (Å²) < 4.78 is 0. The summed E-state index contributed by atoms with van der Waals surface area (Å²) in [6.45, 7) is 1.00. The van der Waals surface area contributed by atoms with Crippen molar-refractivity contribution in [3.63, 3.8) is 0 Å². The van der Waals surface area contributed by atoms with Crippen LogP contribution in [0.1, 0.15) is 25.7 Å². The zero-order chi connectivity index (χ0) is 12.0. The summed E-state index contributed by atoms with van der Waals surface area (Å²) in [5.41, 5.74) is 0. The van der Waals surface area contributed by atoms with E-state index < -0.39 is 0 Å². The van der Waals surface area contributed by atoms with E-state index in [1.165, 1.54) is 4.90 Å². The van der Waals surface area contributed by atoms with E-state index in [1.807, 2.05) is 7.05 Å². The van der Waals surface area contributed by atoms with Gasteiger partial charge in [-0.3, -0.25) is 9.59 Å². The first-order chi connectivity index (χ1) is 7.63. The summed E-state index contributed by atoms with van der Waals surface area (Å²) in [5, 5.41) is 5.85. The molecule has 0 saturated heterocycles. The van der Waals surface area contributed by atoms with Crippen LogP contribution in [0.25, 0.3) is 0 Å². The first kappa shape index (κ1) is 13.0. The van der Waals surface area contributed by atoms with Crippen molar-refractivity contribution in [3.05, 3.63) is 0 Å². The van der Waals surface area contributed by atoms with Crippen molar-refractivity contribution >= 4 is 11.8 Å². The fourth-order valence-corrected chi connectivity index (χ4v) is 1.41. The largest absolute Gasteiger partial charge is 0.352 e. The molecule has 0 aromatic carbocycles. The van der Waals surface area contributed by atoms with Crippen LogP contribution in [0.15, 0.2) is 0 Å². The van der Waals surface area contributed by atoms with Gasteiger partial charge in [0.25, 0.3) is 0 Å². The molecule has 0 aromatic heterocycles. The van der Waals surface area contributed by atoms with Gasteiger partial charge < -0.3 is 15.5 Å². The molecule has 1 saturated carbocycles. The second-order valence-corrected chi connectivity index (χ2v) is 4.30. The Morgan fingerprint density at radius 1 is 1.38 bits per heavy atom. The SMILES string of the molecule is CNCCCC(=O)N(C)CC(=O)NC1CC1. The van der Waals surface area contributed by atoms with Crippen molar-refractivity contribution in [1.29, 1.82) is 0 Å². The highest BCUT2D eigenvalue weighted by Crippen LogP contribution is 2.18. The Hall–Kier alpha value is -1.10. The van der Waals surface area contributed by atoms with Gasteiger partial charge >= 0.3 is 0 Å². The van der Waals surface area contributed by atoms with Crippen LogP contribution in [0, 0.1) is 0 Å². The molecule has 0 bridgehead atoms. The second-order valence-electron chi connectivity index (χ2n) is 4.30. The maximum Gasteiger partial charge on any atom is 0.239 e. The summed E-state index contributed by atoms with van der Waals surface area (Å²) in [4.78, 5) is 24.5. The summed E-state index contributed by atoms with van der Waals surface area (Å²) in [6.07, 6.45) is 3.45. The van der Waals surface area contributed by atoms with Crippen LogP contribution in [0.5, 0.6) is 0 Å². The Bertz CT molecular complexity index is 252. The topological polar surface area (TPSA) is 61.4 Å². The van der Waals surface area contributed by atoms with Crippen molar-refractivity contribution < 1.29 is 9.59 Å². The van der Waals surface area contributed by atoms with Crippen molar-refractivity contribution in [3.8, 4) is 0 Å². The van der Waals surface area contributed by atoms with Crippen molar-refractivity contribution in [2.45, 2.75) is 31.7 Å². The third-order valence-corrected chi connectivity index (χ3v) is 2.57. The third kappa shape index (κ3) is 5.11. The first-order valence-corrected chi connectivity index (χ1v) is 5.81. The van der Waals surface area contributed by atoms with Crippen LogP contribution in [0.2, 0.25) is 0 Å². The Balaban J connectivity index is 2.13. The molecule has 1 fully saturated rings. The van der Waals surface area contributed by atoms with Gasteiger partial charge in [-0.2, -0.15) is 0 Å². The van der Waals surface area contributed by atoms with Gasteiger partial charge in [-0.1, -0.05) is 0 Å². The van der Waals surface area contributed by atoms with Crippen LogP contribution in [0.3, 0.4) is 0 Å². The van der Waals surface area contributed by atoms with E-state index in [1.54, 1.807) is 7.05 Å². The summed E-state index contributed by atoms with van der Waals surface area (Å²) >= 11 is 0. The van der Waals surface area contributed by atoms with Gasteiger partial charge in [0.05, 0.1) is 6.54 Å². The van der Waals surface area contributed by atoms with Crippen LogP contribution in [-0.4, -0.2) is 49.9 Å². The number of amides is 2. The number of carbonyl (C=O) groups is 2. The molecule has 0 heterocycles. The number of nitrogens with zero attached hydrogens (tertiary/aromatic N) is 1. The molecule has 0 aromatic rings. The molecular formula is C11H21N3O2. The maximum atomic E-state index is 11.6. The normalized spacial score (nSPS) is 14.6. The maximum absolute atomic E-state index is 11.6. The first-order valence-electron chi connectivity index (χ1n) is 5.81. The van der Waals surface area contributed by atoms with Crippen LogP contribution >= 0.6 is 0 Å². The van der Waals surface area contributed by atoms with E-state index in [2.05, 4.69) is 10.6 Å². The molecule has 1 rings (SSSR count). The standard InChI is InChI=1S/C11H21N3O2/c1-12-7-3-4-11(16)14(2)8-10(15)13-9-5-6-9/h9,12H,3-8H2,1-2H3,(H,13,15). The summed E-state index contributed by atoms with van der Waals surface area (Å²) in [6, 6.07) is 0.361. The van der Waals surface area contributed by atoms with Crippen LogP contribution in [0.4, 0.5) is 0 Å². The molecule has 0 atom stereocenters. The second kappa shape index (κ2) is 6.48. The zero-order valence-electron chi connectivity index (χ0n) is 10.1. The molecule has 0 radical (unpaired) electrons. The fourth-order valence-electron chi connectivity index (χ4n) is 1.41. The van der Waals surface area contributed by atoms with Gasteiger partial charge in [0, 0.05) is 19.5 Å². The molecule has 0 spiro atoms. The average molecular weight is 227 g/mol. The van der Waals surface area contributed by atoms with E-state index in [0.29, 0.717) is 12.5 Å². The molecule has 2 amide bonds. The van der Waals surface area contributed by atoms with Crippen LogP contribution < -0.4 is 10.6 Å². The van der Waals surface area contributed by atoms with Crippen LogP contribution in [-0.2, 0) is 9.59 Å². The molecule has 2 N–H and O–H groups in total. The highest BCUT2D eigenvalue weighted by Gasteiger charge is 2.24. The van der Waals surface area contributed by atoms with Gasteiger partial charge in [-0.15, -0.1) is 0 Å². The fraction of sp³-hybridized carbons (Fsp3) is 0.818. The van der Waals surface area contributed by atoms with E-state index in [0.717, 1.165) is 25.8 Å². The molecule has 0 unspecified atom stereocenters. The third-order valence-electron chi connectivity index (χ3n) is 2.57. The molecule has 92 valence electrons. The molecule has 0 aliphatic heterocycles. The minimum atomic E-state index is -0.0491. The number of hydrogen-bond donors (Lipinski definition) is 2. The minimum Gasteiger partial charge on any atom is -0.352 e. The Morgan fingerprint density at radius 3 is 2.62 bits per heavy atom. The average Bonchev–Trinajstić information content (AvgIpc) is 3.01. The predicted octanol–water partition coefficient (Wildman–Crippen LogP) is -0.277. The van der Waals surface area contributed by atoms with Gasteiger partial charge in [-0.25, -0.2) is 0 Å². The predicted molar refractivity (Wildman–Crippen MR) is 62.0 cm³/mol. The van der Waals surface area contributed by atoms with E-state index in [4.69, 9.17) is 0 Å². The van der Waals surface area contributed by atoms with E-state index in [9.17, 15) is 9.59 Å². The summed E-state index contributed by atoms with van der Waals surface area (Å²) in [7, 11) is 3.53. The number of rotatable bonds is 7. The van der Waals surface area contributed by atoms with Gasteiger partial charge in [0.1, 0.15) is 0 Å². The molecule has 1 aliphatic rings. The monoisotopic (exact) mass is 227 g/mol. The van der Waals surface area contributed by atoms with Crippen molar-refractivity contribution in [1.82, 2.24) is 15.5 Å². The number of carbonyl (C=O) groups excluding carboxylic acids is 2. The Kier molecular flexibility index (Phi) is 5.25. The van der Waals surface area contributed by atoms with Crippen molar-refractivity contribution in [2.24, 2.45) is 0 Å². The van der Waals surface area contributed by atoms with Gasteiger partial charge in [0.15, 0.2) is 0 Å². The highest BCUT2D eigenvalue weighted by atomic mass is 16.2. The lowest BCUT2D eigenvalue weighted by Crippen LogP contribution is -2.39. The molecule has 1 aliphatic carbocycles. The van der Waals surface area contributed by atoms with E-state index >= 15 is 0 Å². The molecular weight excluding hydrogens is 206 g/mol.